The molecule has 0 saturated carbocycles. The van der Waals surface area contributed by atoms with Crippen molar-refractivity contribution in [2.75, 3.05) is 0 Å². The number of hydrogen-bond donors (Lipinski definition) is 0. The van der Waals surface area contributed by atoms with Crippen molar-refractivity contribution in [3.63, 3.8) is 0 Å². The van der Waals surface area contributed by atoms with Crippen molar-refractivity contribution in [2.45, 2.75) is 92.1 Å². The summed E-state index contributed by atoms with van der Waals surface area (Å²) in [6.45, 7) is 22.8. The first-order chi connectivity index (χ1) is 13.7. The van der Waals surface area contributed by atoms with Crippen molar-refractivity contribution in [1.29, 1.82) is 0 Å². The van der Waals surface area contributed by atoms with Crippen molar-refractivity contribution in [2.24, 2.45) is 0 Å². The summed E-state index contributed by atoms with van der Waals surface area (Å²) in [7, 11) is -1.51. The van der Waals surface area contributed by atoms with Gasteiger partial charge < -0.3 is 9.05 Å². The van der Waals surface area contributed by atoms with Gasteiger partial charge in [0.15, 0.2) is 0 Å². The zero-order chi connectivity index (χ0) is 22.5. The molecule has 1 heterocycles. The molecule has 0 radical (unpaired) electrons. The van der Waals surface area contributed by atoms with Crippen LogP contribution in [0, 0.1) is 6.92 Å². The molecule has 164 valence electrons. The molecule has 2 aromatic rings. The third-order valence-electron chi connectivity index (χ3n) is 5.45. The Morgan fingerprint density at radius 2 is 1.37 bits per heavy atom. The van der Waals surface area contributed by atoms with Gasteiger partial charge in [0.1, 0.15) is 11.5 Å². The molecule has 0 bridgehead atoms. The molecule has 4 heteroatoms. The minimum atomic E-state index is -1.51. The smallest absolute Gasteiger partial charge is 0.417 e. The van der Waals surface area contributed by atoms with Gasteiger partial charge in [0.2, 0.25) is 0 Å². The summed E-state index contributed by atoms with van der Waals surface area (Å²) in [4.78, 5) is 0. The van der Waals surface area contributed by atoms with Crippen LogP contribution in [-0.2, 0) is 27.4 Å². The second kappa shape index (κ2) is 7.84. The first kappa shape index (κ1) is 23.1. The topological polar surface area (TPSA) is 27.7 Å². The number of benzene rings is 2. The van der Waals surface area contributed by atoms with E-state index in [1.54, 1.807) is 0 Å². The van der Waals surface area contributed by atoms with Crippen molar-refractivity contribution in [1.82, 2.24) is 0 Å². The molecule has 3 rings (SSSR count). The van der Waals surface area contributed by atoms with Crippen LogP contribution >= 0.6 is 8.60 Å². The van der Waals surface area contributed by atoms with Crippen molar-refractivity contribution in [3.8, 4) is 11.5 Å². The molecule has 3 nitrogen and oxygen atoms in total. The molecule has 0 aromatic heterocycles. The fraction of sp³-hybridized carbons (Fsp3) is 0.538. The molecule has 0 fully saturated rings. The van der Waals surface area contributed by atoms with E-state index in [4.69, 9.17) is 13.6 Å². The second-order valence-corrected chi connectivity index (χ2v) is 12.5. The summed E-state index contributed by atoms with van der Waals surface area (Å²) >= 11 is 0. The maximum atomic E-state index is 6.55. The van der Waals surface area contributed by atoms with Gasteiger partial charge in [-0.15, -0.1) is 0 Å². The average molecular weight is 429 g/mol. The normalized spacial score (nSPS) is 17.3. The van der Waals surface area contributed by atoms with E-state index in [-0.39, 0.29) is 16.2 Å². The fourth-order valence-electron chi connectivity index (χ4n) is 3.53. The Hall–Kier alpha value is -1.57. The number of rotatable bonds is 2. The summed E-state index contributed by atoms with van der Waals surface area (Å²) in [6.07, 6.45) is 0. The van der Waals surface area contributed by atoms with Crippen LogP contribution in [0.3, 0.4) is 0 Å². The molecule has 1 aliphatic rings. The van der Waals surface area contributed by atoms with E-state index in [0.29, 0.717) is 6.61 Å². The van der Waals surface area contributed by atoms with Crippen LogP contribution in [0.5, 0.6) is 11.5 Å². The molecule has 0 spiro atoms. The molecule has 0 amide bonds. The number of fused-ring (bicyclic) bond motifs is 1. The highest BCUT2D eigenvalue weighted by molar-refractivity contribution is 7.42. The molecule has 0 aliphatic carbocycles. The van der Waals surface area contributed by atoms with Crippen LogP contribution in [0.4, 0.5) is 0 Å². The third-order valence-corrected chi connectivity index (χ3v) is 6.47. The van der Waals surface area contributed by atoms with Gasteiger partial charge in [-0.2, -0.15) is 0 Å². The molecule has 2 aromatic carbocycles. The van der Waals surface area contributed by atoms with Gasteiger partial charge in [-0.25, -0.2) is 0 Å². The zero-order valence-electron chi connectivity index (χ0n) is 20.3. The molecule has 0 saturated heterocycles. The van der Waals surface area contributed by atoms with Gasteiger partial charge in [-0.1, -0.05) is 92.1 Å². The standard InChI is InChI=1S/C26H37O3P/c1-17-11-12-22-18(13-17)16-27-30(28-22)29-23-20(25(5,6)7)14-19(24(2,3)4)15-21(23)26(8,9)10/h11-15H,16H2,1-10H3. The highest BCUT2D eigenvalue weighted by Gasteiger charge is 2.34. The lowest BCUT2D eigenvalue weighted by atomic mass is 9.75. The van der Waals surface area contributed by atoms with E-state index >= 15 is 0 Å². The summed E-state index contributed by atoms with van der Waals surface area (Å²) in [5.74, 6) is 1.77. The molecule has 1 atom stereocenters. The summed E-state index contributed by atoms with van der Waals surface area (Å²) in [5.41, 5.74) is 5.91. The van der Waals surface area contributed by atoms with Gasteiger partial charge >= 0.3 is 8.60 Å². The molecule has 0 N–H and O–H groups in total. The van der Waals surface area contributed by atoms with E-state index in [2.05, 4.69) is 93.5 Å². The lowest BCUT2D eigenvalue weighted by Gasteiger charge is -2.34. The second-order valence-electron chi connectivity index (χ2n) is 11.4. The van der Waals surface area contributed by atoms with E-state index in [1.165, 1.54) is 22.3 Å². The van der Waals surface area contributed by atoms with Gasteiger partial charge in [0.25, 0.3) is 0 Å². The summed E-state index contributed by atoms with van der Waals surface area (Å²) in [6, 6.07) is 10.8. The van der Waals surface area contributed by atoms with Crippen molar-refractivity contribution < 1.29 is 13.6 Å². The van der Waals surface area contributed by atoms with Gasteiger partial charge in [-0.05, 0) is 34.8 Å². The van der Waals surface area contributed by atoms with Crippen LogP contribution in [0.2, 0.25) is 0 Å². The van der Waals surface area contributed by atoms with Gasteiger partial charge in [0.05, 0.1) is 6.61 Å². The first-order valence-corrected chi connectivity index (χ1v) is 11.8. The molecular weight excluding hydrogens is 391 g/mol. The SMILES string of the molecule is Cc1ccc2c(c1)COP(Oc1c(C(C)(C)C)cc(C(C)(C)C)cc1C(C)(C)C)O2. The predicted octanol–water partition coefficient (Wildman–Crippen LogP) is 8.10. The minimum absolute atomic E-state index is 0.0541. The molecular formula is C26H37O3P. The van der Waals surface area contributed by atoms with E-state index in [9.17, 15) is 0 Å². The largest absolute Gasteiger partial charge is 0.463 e. The minimum Gasteiger partial charge on any atom is -0.417 e. The number of hydrogen-bond acceptors (Lipinski definition) is 3. The highest BCUT2D eigenvalue weighted by atomic mass is 31.2. The summed E-state index contributed by atoms with van der Waals surface area (Å²) in [5, 5.41) is 0. The van der Waals surface area contributed by atoms with Crippen molar-refractivity contribution in [3.05, 3.63) is 58.1 Å². The molecule has 1 unspecified atom stereocenters. The predicted molar refractivity (Wildman–Crippen MR) is 127 cm³/mol. The van der Waals surface area contributed by atoms with E-state index < -0.39 is 8.60 Å². The Kier molecular flexibility index (Phi) is 6.04. The Bertz CT molecular complexity index is 892. The van der Waals surface area contributed by atoms with E-state index in [0.717, 1.165) is 17.1 Å². The Labute approximate surface area is 184 Å². The van der Waals surface area contributed by atoms with Gasteiger partial charge in [0, 0.05) is 16.7 Å². The molecule has 30 heavy (non-hydrogen) atoms. The zero-order valence-corrected chi connectivity index (χ0v) is 21.2. The Morgan fingerprint density at radius 1 is 0.800 bits per heavy atom. The fourth-order valence-corrected chi connectivity index (χ4v) is 4.60. The Balaban J connectivity index is 2.08. The average Bonchev–Trinajstić information content (AvgIpc) is 2.59. The molecule has 1 aliphatic heterocycles. The summed E-state index contributed by atoms with van der Waals surface area (Å²) < 4.78 is 18.7. The maximum absolute atomic E-state index is 6.55. The maximum Gasteiger partial charge on any atom is 0.463 e. The van der Waals surface area contributed by atoms with Crippen LogP contribution in [0.1, 0.15) is 90.1 Å². The Morgan fingerprint density at radius 3 is 1.87 bits per heavy atom. The third kappa shape index (κ3) is 5.01. The lowest BCUT2D eigenvalue weighted by Crippen LogP contribution is -2.23. The van der Waals surface area contributed by atoms with Crippen molar-refractivity contribution >= 4 is 8.60 Å². The van der Waals surface area contributed by atoms with E-state index in [1.807, 2.05) is 6.07 Å². The first-order valence-electron chi connectivity index (χ1n) is 10.7. The highest BCUT2D eigenvalue weighted by Crippen LogP contribution is 2.52. The quantitative estimate of drug-likeness (QED) is 0.452. The van der Waals surface area contributed by atoms with Crippen LogP contribution in [-0.4, -0.2) is 0 Å². The van der Waals surface area contributed by atoms with Gasteiger partial charge in [-0.3, -0.25) is 4.52 Å². The van der Waals surface area contributed by atoms with Crippen LogP contribution in [0.15, 0.2) is 30.3 Å². The lowest BCUT2D eigenvalue weighted by molar-refractivity contribution is 0.231. The number of aryl methyl sites for hydroxylation is 1. The monoisotopic (exact) mass is 428 g/mol. The van der Waals surface area contributed by atoms with Crippen LogP contribution < -0.4 is 9.05 Å². The van der Waals surface area contributed by atoms with Crippen LogP contribution in [0.25, 0.3) is 0 Å².